The SMILES string of the molecule is O=C(c1ccco1)N1CCCN(CC2CN(C(=O)c3ccco3)CCO2)CC1. The van der Waals surface area contributed by atoms with Gasteiger partial charge in [-0.25, -0.2) is 0 Å². The van der Waals surface area contributed by atoms with Crippen molar-refractivity contribution in [3.8, 4) is 0 Å². The van der Waals surface area contributed by atoms with E-state index in [2.05, 4.69) is 4.90 Å². The van der Waals surface area contributed by atoms with Crippen LogP contribution < -0.4 is 0 Å². The van der Waals surface area contributed by atoms with Gasteiger partial charge in [0.2, 0.25) is 0 Å². The van der Waals surface area contributed by atoms with Gasteiger partial charge in [0.15, 0.2) is 11.5 Å². The van der Waals surface area contributed by atoms with E-state index in [1.54, 1.807) is 29.2 Å². The molecule has 8 nitrogen and oxygen atoms in total. The molecule has 150 valence electrons. The van der Waals surface area contributed by atoms with Crippen LogP contribution in [-0.2, 0) is 4.74 Å². The smallest absolute Gasteiger partial charge is 0.289 e. The highest BCUT2D eigenvalue weighted by Gasteiger charge is 2.29. The summed E-state index contributed by atoms with van der Waals surface area (Å²) in [7, 11) is 0. The van der Waals surface area contributed by atoms with Crippen LogP contribution in [0.4, 0.5) is 0 Å². The van der Waals surface area contributed by atoms with Gasteiger partial charge in [0, 0.05) is 39.3 Å². The van der Waals surface area contributed by atoms with E-state index in [0.717, 1.165) is 26.1 Å². The van der Waals surface area contributed by atoms with E-state index in [4.69, 9.17) is 13.6 Å². The second kappa shape index (κ2) is 8.62. The first-order chi connectivity index (χ1) is 13.7. The summed E-state index contributed by atoms with van der Waals surface area (Å²) in [6.07, 6.45) is 3.89. The van der Waals surface area contributed by atoms with Crippen LogP contribution in [0, 0.1) is 0 Å². The van der Waals surface area contributed by atoms with E-state index in [1.807, 2.05) is 4.90 Å². The molecule has 28 heavy (non-hydrogen) atoms. The third kappa shape index (κ3) is 4.28. The monoisotopic (exact) mass is 387 g/mol. The number of amides is 2. The molecular weight excluding hydrogens is 362 g/mol. The predicted molar refractivity (Wildman–Crippen MR) is 100 cm³/mol. The van der Waals surface area contributed by atoms with Gasteiger partial charge in [-0.15, -0.1) is 0 Å². The number of furan rings is 2. The summed E-state index contributed by atoms with van der Waals surface area (Å²) in [6.45, 7) is 5.42. The molecule has 2 aromatic heterocycles. The fourth-order valence-corrected chi connectivity index (χ4v) is 3.77. The fourth-order valence-electron chi connectivity index (χ4n) is 3.77. The Balaban J connectivity index is 1.29. The van der Waals surface area contributed by atoms with Crippen molar-refractivity contribution in [2.75, 3.05) is 52.4 Å². The summed E-state index contributed by atoms with van der Waals surface area (Å²) in [4.78, 5) is 30.9. The minimum atomic E-state index is -0.0932. The average molecular weight is 387 g/mol. The highest BCUT2D eigenvalue weighted by atomic mass is 16.5. The van der Waals surface area contributed by atoms with Gasteiger partial charge in [-0.2, -0.15) is 0 Å². The van der Waals surface area contributed by atoms with Gasteiger partial charge in [0.05, 0.1) is 25.2 Å². The molecule has 4 rings (SSSR count). The Morgan fingerprint density at radius 1 is 0.893 bits per heavy atom. The summed E-state index contributed by atoms with van der Waals surface area (Å²) >= 11 is 0. The first-order valence-electron chi connectivity index (χ1n) is 9.70. The fraction of sp³-hybridized carbons (Fsp3) is 0.500. The first kappa shape index (κ1) is 18.8. The Bertz CT molecular complexity index is 774. The van der Waals surface area contributed by atoms with Crippen LogP contribution in [0.2, 0.25) is 0 Å². The van der Waals surface area contributed by atoms with E-state index < -0.39 is 0 Å². The molecule has 0 saturated carbocycles. The number of ether oxygens (including phenoxy) is 1. The molecule has 2 aliphatic heterocycles. The summed E-state index contributed by atoms with van der Waals surface area (Å²) in [6, 6.07) is 6.84. The summed E-state index contributed by atoms with van der Waals surface area (Å²) in [5.41, 5.74) is 0. The third-order valence-corrected chi connectivity index (χ3v) is 5.23. The Hall–Kier alpha value is -2.58. The maximum Gasteiger partial charge on any atom is 0.289 e. The predicted octanol–water partition coefficient (Wildman–Crippen LogP) is 1.56. The summed E-state index contributed by atoms with van der Waals surface area (Å²) in [5.74, 6) is 0.596. The average Bonchev–Trinajstić information content (AvgIpc) is 3.39. The van der Waals surface area contributed by atoms with Crippen molar-refractivity contribution in [1.29, 1.82) is 0 Å². The lowest BCUT2D eigenvalue weighted by atomic mass is 10.2. The molecule has 8 heteroatoms. The van der Waals surface area contributed by atoms with E-state index in [-0.39, 0.29) is 17.9 Å². The van der Waals surface area contributed by atoms with Crippen molar-refractivity contribution in [2.45, 2.75) is 12.5 Å². The lowest BCUT2D eigenvalue weighted by Gasteiger charge is -2.35. The molecule has 4 heterocycles. The molecule has 0 spiro atoms. The molecule has 1 unspecified atom stereocenters. The number of nitrogens with zero attached hydrogens (tertiary/aromatic N) is 3. The minimum Gasteiger partial charge on any atom is -0.459 e. The lowest BCUT2D eigenvalue weighted by Crippen LogP contribution is -2.50. The van der Waals surface area contributed by atoms with Gasteiger partial charge >= 0.3 is 0 Å². The Labute approximate surface area is 163 Å². The molecule has 0 radical (unpaired) electrons. The molecule has 0 aliphatic carbocycles. The molecule has 2 amide bonds. The van der Waals surface area contributed by atoms with Crippen molar-refractivity contribution in [1.82, 2.24) is 14.7 Å². The molecule has 2 aliphatic rings. The van der Waals surface area contributed by atoms with Crippen LogP contribution in [0.15, 0.2) is 45.6 Å². The molecule has 0 bridgehead atoms. The summed E-state index contributed by atoms with van der Waals surface area (Å²) < 4.78 is 16.4. The van der Waals surface area contributed by atoms with Crippen molar-refractivity contribution in [2.24, 2.45) is 0 Å². The van der Waals surface area contributed by atoms with Crippen LogP contribution in [0.3, 0.4) is 0 Å². The third-order valence-electron chi connectivity index (χ3n) is 5.23. The molecule has 2 aromatic rings. The Morgan fingerprint density at radius 3 is 2.29 bits per heavy atom. The van der Waals surface area contributed by atoms with Crippen LogP contribution >= 0.6 is 0 Å². The van der Waals surface area contributed by atoms with E-state index in [9.17, 15) is 9.59 Å². The zero-order valence-electron chi connectivity index (χ0n) is 15.8. The molecular formula is C20H25N3O5. The van der Waals surface area contributed by atoms with Gasteiger partial charge in [-0.05, 0) is 37.2 Å². The minimum absolute atomic E-state index is 0.0417. The molecule has 1 atom stereocenters. The zero-order valence-corrected chi connectivity index (χ0v) is 15.8. The van der Waals surface area contributed by atoms with Gasteiger partial charge < -0.3 is 23.4 Å². The number of morpholine rings is 1. The van der Waals surface area contributed by atoms with Crippen molar-refractivity contribution >= 4 is 11.8 Å². The van der Waals surface area contributed by atoms with Crippen LogP contribution in [0.25, 0.3) is 0 Å². The van der Waals surface area contributed by atoms with Crippen LogP contribution in [-0.4, -0.2) is 85.0 Å². The molecule has 0 aromatic carbocycles. The standard InChI is InChI=1S/C20H25N3O5/c24-19(17-4-1-11-27-17)22-7-3-6-21(8-9-22)14-16-15-23(10-13-26-16)20(25)18-5-2-12-28-18/h1-2,4-5,11-12,16H,3,6-10,13-15H2. The molecule has 2 fully saturated rings. The normalized spacial score (nSPS) is 21.5. The lowest BCUT2D eigenvalue weighted by molar-refractivity contribution is -0.0360. The summed E-state index contributed by atoms with van der Waals surface area (Å²) in [5, 5.41) is 0. The van der Waals surface area contributed by atoms with Crippen molar-refractivity contribution < 1.29 is 23.2 Å². The Morgan fingerprint density at radius 2 is 1.61 bits per heavy atom. The largest absolute Gasteiger partial charge is 0.459 e. The number of rotatable bonds is 4. The maximum absolute atomic E-state index is 12.5. The van der Waals surface area contributed by atoms with Crippen molar-refractivity contribution in [3.63, 3.8) is 0 Å². The highest BCUT2D eigenvalue weighted by Crippen LogP contribution is 2.14. The zero-order chi connectivity index (χ0) is 19.3. The number of carbonyl (C=O) groups is 2. The van der Waals surface area contributed by atoms with Crippen LogP contribution in [0.1, 0.15) is 27.5 Å². The number of hydrogen-bond donors (Lipinski definition) is 0. The van der Waals surface area contributed by atoms with E-state index in [1.165, 1.54) is 12.5 Å². The highest BCUT2D eigenvalue weighted by molar-refractivity contribution is 5.92. The van der Waals surface area contributed by atoms with Gasteiger partial charge in [-0.1, -0.05) is 0 Å². The molecule has 0 N–H and O–H groups in total. The molecule has 2 saturated heterocycles. The number of hydrogen-bond acceptors (Lipinski definition) is 6. The Kier molecular flexibility index (Phi) is 5.78. The maximum atomic E-state index is 12.5. The second-order valence-corrected chi connectivity index (χ2v) is 7.14. The van der Waals surface area contributed by atoms with Gasteiger partial charge in [0.1, 0.15) is 0 Å². The van der Waals surface area contributed by atoms with Gasteiger partial charge in [0.25, 0.3) is 11.8 Å². The second-order valence-electron chi connectivity index (χ2n) is 7.14. The van der Waals surface area contributed by atoms with E-state index >= 15 is 0 Å². The van der Waals surface area contributed by atoms with Gasteiger partial charge in [-0.3, -0.25) is 14.5 Å². The van der Waals surface area contributed by atoms with Crippen LogP contribution in [0.5, 0.6) is 0 Å². The topological polar surface area (TPSA) is 79.4 Å². The van der Waals surface area contributed by atoms with E-state index in [0.29, 0.717) is 44.3 Å². The van der Waals surface area contributed by atoms with Crippen molar-refractivity contribution in [3.05, 3.63) is 48.3 Å². The first-order valence-corrected chi connectivity index (χ1v) is 9.70. The quantitative estimate of drug-likeness (QED) is 0.792. The number of carbonyl (C=O) groups excluding carboxylic acids is 2.